The van der Waals surface area contributed by atoms with Crippen molar-refractivity contribution >= 4 is 11.6 Å². The third kappa shape index (κ3) is 2.05. The lowest BCUT2D eigenvalue weighted by atomic mass is 9.97. The number of benzene rings is 1. The Morgan fingerprint density at radius 2 is 2.00 bits per heavy atom. The first-order chi connectivity index (χ1) is 9.66. The number of primary amides is 1. The maximum atomic E-state index is 11.4. The van der Waals surface area contributed by atoms with E-state index in [4.69, 9.17) is 5.73 Å². The Morgan fingerprint density at radius 3 is 2.80 bits per heavy atom. The Balaban J connectivity index is 2.05. The molecule has 0 aliphatic heterocycles. The Labute approximate surface area is 116 Å². The van der Waals surface area contributed by atoms with E-state index in [0.29, 0.717) is 5.56 Å². The van der Waals surface area contributed by atoms with Crippen LogP contribution < -0.4 is 5.73 Å². The minimum absolute atomic E-state index is 0.386. The molecule has 1 aromatic carbocycles. The van der Waals surface area contributed by atoms with Crippen molar-refractivity contribution in [2.75, 3.05) is 0 Å². The van der Waals surface area contributed by atoms with Crippen LogP contribution in [0.4, 0.5) is 0 Å². The van der Waals surface area contributed by atoms with Gasteiger partial charge >= 0.3 is 0 Å². The molecule has 0 saturated heterocycles. The van der Waals surface area contributed by atoms with E-state index in [1.807, 2.05) is 41.9 Å². The van der Waals surface area contributed by atoms with E-state index in [2.05, 4.69) is 11.1 Å². The van der Waals surface area contributed by atoms with E-state index in [1.54, 1.807) is 12.3 Å². The molecule has 0 radical (unpaired) electrons. The molecule has 3 rings (SSSR count). The largest absolute Gasteiger partial charge is 0.366 e. The summed E-state index contributed by atoms with van der Waals surface area (Å²) < 4.78 is 1.99. The monoisotopic (exact) mass is 265 g/mol. The van der Waals surface area contributed by atoms with E-state index in [0.717, 1.165) is 28.8 Å². The van der Waals surface area contributed by atoms with Gasteiger partial charge in [0, 0.05) is 30.6 Å². The molecule has 0 saturated carbocycles. The molecule has 0 spiro atoms. The van der Waals surface area contributed by atoms with Gasteiger partial charge < -0.3 is 10.1 Å². The minimum Gasteiger partial charge on any atom is -0.366 e. The third-order valence-corrected chi connectivity index (χ3v) is 3.59. The van der Waals surface area contributed by atoms with Gasteiger partial charge in [-0.15, -0.1) is 0 Å². The molecule has 2 N–H and O–H groups in total. The van der Waals surface area contributed by atoms with Crippen molar-refractivity contribution in [3.05, 3.63) is 71.2 Å². The Morgan fingerprint density at radius 1 is 1.20 bits per heavy atom. The summed E-state index contributed by atoms with van der Waals surface area (Å²) in [5, 5.41) is 0. The average molecular weight is 265 g/mol. The van der Waals surface area contributed by atoms with Crippen molar-refractivity contribution in [1.29, 1.82) is 0 Å². The second-order valence-electron chi connectivity index (χ2n) is 4.82. The molecule has 2 heterocycles. The van der Waals surface area contributed by atoms with Crippen LogP contribution in [0, 0.1) is 6.92 Å². The molecular weight excluding hydrogens is 250 g/mol. The number of aromatic nitrogens is 2. The molecule has 0 aliphatic carbocycles. The van der Waals surface area contributed by atoms with Crippen LogP contribution >= 0.6 is 0 Å². The Bertz CT molecular complexity index is 789. The van der Waals surface area contributed by atoms with Gasteiger partial charge in [-0.05, 0) is 35.7 Å². The quantitative estimate of drug-likeness (QED) is 0.790. The molecule has 0 unspecified atom stereocenters. The van der Waals surface area contributed by atoms with E-state index in [9.17, 15) is 4.79 Å². The molecule has 0 fully saturated rings. The smallest absolute Gasteiger partial charge is 0.248 e. The average Bonchev–Trinajstić information content (AvgIpc) is 2.90. The number of rotatable bonds is 3. The van der Waals surface area contributed by atoms with Crippen LogP contribution in [0.25, 0.3) is 5.65 Å². The summed E-state index contributed by atoms with van der Waals surface area (Å²) in [6.45, 7) is 1.93. The highest BCUT2D eigenvalue weighted by Gasteiger charge is 2.10. The summed E-state index contributed by atoms with van der Waals surface area (Å²) in [5.41, 5.74) is 10.1. The van der Waals surface area contributed by atoms with Gasteiger partial charge in [0.25, 0.3) is 0 Å². The maximum absolute atomic E-state index is 11.4. The van der Waals surface area contributed by atoms with Crippen LogP contribution in [0.1, 0.15) is 27.0 Å². The number of fused-ring (bicyclic) bond motifs is 1. The van der Waals surface area contributed by atoms with Crippen LogP contribution in [0.5, 0.6) is 0 Å². The molecule has 3 aromatic rings. The van der Waals surface area contributed by atoms with E-state index in [1.165, 1.54) is 0 Å². The van der Waals surface area contributed by atoms with Gasteiger partial charge in [0.1, 0.15) is 5.65 Å². The fourth-order valence-electron chi connectivity index (χ4n) is 2.49. The number of pyridine rings is 1. The fraction of sp³-hybridized carbons (Fsp3) is 0.125. The first kappa shape index (κ1) is 12.4. The van der Waals surface area contributed by atoms with Crippen LogP contribution in [-0.4, -0.2) is 15.3 Å². The van der Waals surface area contributed by atoms with Gasteiger partial charge in [0.2, 0.25) is 5.91 Å². The maximum Gasteiger partial charge on any atom is 0.248 e. The molecule has 20 heavy (non-hydrogen) atoms. The van der Waals surface area contributed by atoms with Crippen molar-refractivity contribution in [2.24, 2.45) is 5.73 Å². The summed E-state index contributed by atoms with van der Waals surface area (Å²) in [6.07, 6.45) is 6.41. The minimum atomic E-state index is -0.386. The number of amides is 1. The first-order valence-corrected chi connectivity index (χ1v) is 6.45. The van der Waals surface area contributed by atoms with Gasteiger partial charge in [-0.3, -0.25) is 4.79 Å². The Hall–Kier alpha value is -2.62. The highest BCUT2D eigenvalue weighted by Crippen LogP contribution is 2.19. The Kier molecular flexibility index (Phi) is 2.99. The first-order valence-electron chi connectivity index (χ1n) is 6.45. The highest BCUT2D eigenvalue weighted by molar-refractivity contribution is 5.94. The second-order valence-corrected chi connectivity index (χ2v) is 4.82. The summed E-state index contributed by atoms with van der Waals surface area (Å²) >= 11 is 0. The predicted molar refractivity (Wildman–Crippen MR) is 77.7 cm³/mol. The van der Waals surface area contributed by atoms with E-state index in [-0.39, 0.29) is 5.91 Å². The van der Waals surface area contributed by atoms with Crippen molar-refractivity contribution in [3.8, 4) is 0 Å². The zero-order valence-electron chi connectivity index (χ0n) is 11.2. The van der Waals surface area contributed by atoms with Gasteiger partial charge in [-0.2, -0.15) is 0 Å². The van der Waals surface area contributed by atoms with Gasteiger partial charge in [0.15, 0.2) is 0 Å². The van der Waals surface area contributed by atoms with Crippen molar-refractivity contribution in [1.82, 2.24) is 9.38 Å². The summed E-state index contributed by atoms with van der Waals surface area (Å²) in [6, 6.07) is 9.70. The lowest BCUT2D eigenvalue weighted by molar-refractivity contribution is 0.0999. The topological polar surface area (TPSA) is 60.4 Å². The lowest BCUT2D eigenvalue weighted by Crippen LogP contribution is -2.13. The van der Waals surface area contributed by atoms with Crippen LogP contribution in [-0.2, 0) is 6.42 Å². The normalized spacial score (nSPS) is 10.8. The SMILES string of the molecule is Cc1c(Cc2cccn3ccnc23)cccc1C(N)=O. The fourth-order valence-corrected chi connectivity index (χ4v) is 2.49. The summed E-state index contributed by atoms with van der Waals surface area (Å²) in [7, 11) is 0. The molecule has 0 bridgehead atoms. The predicted octanol–water partition coefficient (Wildman–Crippen LogP) is 2.33. The van der Waals surface area contributed by atoms with Crippen LogP contribution in [0.15, 0.2) is 48.9 Å². The highest BCUT2D eigenvalue weighted by atomic mass is 16.1. The van der Waals surface area contributed by atoms with Crippen LogP contribution in [0.3, 0.4) is 0 Å². The number of imidazole rings is 1. The molecular formula is C16H15N3O. The van der Waals surface area contributed by atoms with Crippen molar-refractivity contribution in [3.63, 3.8) is 0 Å². The molecule has 4 heteroatoms. The second kappa shape index (κ2) is 4.81. The number of nitrogens with two attached hydrogens (primary N) is 1. The van der Waals surface area contributed by atoms with Gasteiger partial charge in [-0.25, -0.2) is 4.98 Å². The van der Waals surface area contributed by atoms with Gasteiger partial charge in [-0.1, -0.05) is 18.2 Å². The van der Waals surface area contributed by atoms with E-state index < -0.39 is 0 Å². The number of hydrogen-bond acceptors (Lipinski definition) is 2. The zero-order valence-corrected chi connectivity index (χ0v) is 11.2. The molecule has 4 nitrogen and oxygen atoms in total. The number of hydrogen-bond donors (Lipinski definition) is 1. The van der Waals surface area contributed by atoms with Crippen molar-refractivity contribution in [2.45, 2.75) is 13.3 Å². The molecule has 2 aromatic heterocycles. The number of nitrogens with zero attached hydrogens (tertiary/aromatic N) is 2. The van der Waals surface area contributed by atoms with E-state index >= 15 is 0 Å². The summed E-state index contributed by atoms with van der Waals surface area (Å²) in [5.74, 6) is -0.386. The van der Waals surface area contributed by atoms with Crippen molar-refractivity contribution < 1.29 is 4.79 Å². The lowest BCUT2D eigenvalue weighted by Gasteiger charge is -2.10. The standard InChI is InChI=1S/C16H15N3O/c1-11-12(4-2-6-14(11)15(17)20)10-13-5-3-8-19-9-7-18-16(13)19/h2-9H,10H2,1H3,(H2,17,20). The van der Waals surface area contributed by atoms with Crippen LogP contribution in [0.2, 0.25) is 0 Å². The number of carbonyl (C=O) groups excluding carboxylic acids is 1. The van der Waals surface area contributed by atoms with Gasteiger partial charge in [0.05, 0.1) is 0 Å². The number of carbonyl (C=O) groups is 1. The summed E-state index contributed by atoms with van der Waals surface area (Å²) in [4.78, 5) is 15.8. The zero-order chi connectivity index (χ0) is 14.1. The molecule has 100 valence electrons. The molecule has 0 aliphatic rings. The molecule has 0 atom stereocenters. The third-order valence-electron chi connectivity index (χ3n) is 3.59. The molecule has 1 amide bonds.